The second-order valence-corrected chi connectivity index (χ2v) is 20.1. The minimum atomic E-state index is -0.447. The zero-order valence-electron chi connectivity index (χ0n) is 36.8. The van der Waals surface area contributed by atoms with Gasteiger partial charge in [-0.1, -0.05) is 144 Å². The highest BCUT2D eigenvalue weighted by atomic mass is 79.9. The third-order valence-electron chi connectivity index (χ3n) is 11.9. The molecule has 0 unspecified atom stereocenters. The first-order valence-electron chi connectivity index (χ1n) is 22.0. The molecule has 1 aliphatic carbocycles. The van der Waals surface area contributed by atoms with E-state index in [9.17, 15) is 14.7 Å². The van der Waals surface area contributed by atoms with E-state index < -0.39 is 16.7 Å². The average molecular weight is 943 g/mol. The fourth-order valence-electron chi connectivity index (χ4n) is 8.35. The molecule has 2 N–H and O–H groups in total. The van der Waals surface area contributed by atoms with Crippen molar-refractivity contribution in [2.24, 2.45) is 4.99 Å². The molecule has 3 aromatic carbocycles. The van der Waals surface area contributed by atoms with Gasteiger partial charge in [-0.15, -0.1) is 0 Å². The molecule has 1 aliphatic heterocycles. The first kappa shape index (κ1) is 45.5. The van der Waals surface area contributed by atoms with Gasteiger partial charge >= 0.3 is 0 Å². The van der Waals surface area contributed by atoms with E-state index in [-0.39, 0.29) is 46.1 Å². The molecule has 4 aromatic rings. The third kappa shape index (κ3) is 9.25. The van der Waals surface area contributed by atoms with Crippen LogP contribution in [0.3, 0.4) is 0 Å². The Kier molecular flexibility index (Phi) is 14.4. The quantitative estimate of drug-likeness (QED) is 0.0700. The lowest BCUT2D eigenvalue weighted by Gasteiger charge is -2.25. The van der Waals surface area contributed by atoms with Crippen LogP contribution in [0.4, 0.5) is 17.1 Å². The molecule has 2 heterocycles. The zero-order chi connectivity index (χ0) is 43.5. The molecule has 320 valence electrons. The van der Waals surface area contributed by atoms with Crippen LogP contribution < -0.4 is 27.4 Å². The van der Waals surface area contributed by atoms with Gasteiger partial charge in [0.2, 0.25) is 5.88 Å². The topological polar surface area (TPSA) is 106 Å². The number of aromatic hydroxyl groups is 1. The fourth-order valence-corrected chi connectivity index (χ4v) is 9.67. The number of nitrogens with one attached hydrogen (secondary N) is 1. The van der Waals surface area contributed by atoms with E-state index >= 15 is 4.79 Å². The van der Waals surface area contributed by atoms with Crippen LogP contribution in [-0.4, -0.2) is 14.2 Å². The highest BCUT2D eigenvalue weighted by molar-refractivity contribution is 9.11. The SMILES string of the molecule is CCCCCCCCn1c(O)c2c(Nc3cccc(C(C)(C)C)c3)c(Br)c3c4c2c(c(=Nc2cccc(C(C)(C)C)c2)c(Br)c-4c(=O)n(CCCCCCCC)c3=O)c1=O. The Balaban J connectivity index is 1.75. The standard InChI is InChI=1S/C50H62Br2N4O4/c1-9-11-13-15-17-19-27-55-45(57)37-35-36-39(43(41(37)51)53-33-25-21-23-31(29-33)49(3,4)5)47(59)56(28-20-18-16-14-12-10-2)48(60)40(36)44(42(52)38(35)46(55)58)54-34-26-22-24-32(30-34)50(6,7)8/h21-26,29-30,53,59H,9-20,27-28H2,1-8H3. The van der Waals surface area contributed by atoms with Crippen LogP contribution in [-0.2, 0) is 23.9 Å². The minimum Gasteiger partial charge on any atom is -0.494 e. The predicted molar refractivity (Wildman–Crippen MR) is 258 cm³/mol. The number of hydrogen-bond acceptors (Lipinski definition) is 6. The minimum absolute atomic E-state index is 0.143. The van der Waals surface area contributed by atoms with Crippen LogP contribution in [0.2, 0.25) is 0 Å². The number of benzene rings is 4. The van der Waals surface area contributed by atoms with Crippen molar-refractivity contribution in [3.05, 3.63) is 105 Å². The number of pyridine rings is 2. The number of anilines is 2. The normalized spacial score (nSPS) is 12.8. The summed E-state index contributed by atoms with van der Waals surface area (Å²) in [6.07, 6.45) is 12.0. The molecule has 0 fully saturated rings. The van der Waals surface area contributed by atoms with Crippen LogP contribution >= 0.6 is 31.9 Å². The summed E-state index contributed by atoms with van der Waals surface area (Å²) in [7, 11) is 0. The number of halogens is 2. The maximum atomic E-state index is 15.1. The molecule has 0 radical (unpaired) electrons. The monoisotopic (exact) mass is 940 g/mol. The van der Waals surface area contributed by atoms with E-state index in [2.05, 4.69) is 111 Å². The van der Waals surface area contributed by atoms with Crippen molar-refractivity contribution in [1.29, 1.82) is 0 Å². The van der Waals surface area contributed by atoms with Gasteiger partial charge in [-0.2, -0.15) is 0 Å². The maximum Gasteiger partial charge on any atom is 0.263 e. The smallest absolute Gasteiger partial charge is 0.263 e. The molecule has 60 heavy (non-hydrogen) atoms. The van der Waals surface area contributed by atoms with E-state index in [0.29, 0.717) is 54.9 Å². The molecular weight excluding hydrogens is 880 g/mol. The maximum absolute atomic E-state index is 15.1. The van der Waals surface area contributed by atoms with E-state index in [1.54, 1.807) is 0 Å². The van der Waals surface area contributed by atoms with Crippen molar-refractivity contribution < 1.29 is 5.11 Å². The molecule has 10 heteroatoms. The summed E-state index contributed by atoms with van der Waals surface area (Å²) in [4.78, 5) is 50.0. The van der Waals surface area contributed by atoms with Crippen LogP contribution in [0.5, 0.6) is 5.88 Å². The molecule has 0 saturated heterocycles. The first-order chi connectivity index (χ1) is 28.5. The molecule has 8 nitrogen and oxygen atoms in total. The van der Waals surface area contributed by atoms with Gasteiger partial charge in [0, 0.05) is 29.7 Å². The van der Waals surface area contributed by atoms with Crippen molar-refractivity contribution in [3.63, 3.8) is 0 Å². The highest BCUT2D eigenvalue weighted by Gasteiger charge is 2.34. The highest BCUT2D eigenvalue weighted by Crippen LogP contribution is 2.49. The lowest BCUT2D eigenvalue weighted by atomic mass is 9.86. The molecule has 0 amide bonds. The van der Waals surface area contributed by atoms with Crippen LogP contribution in [0.1, 0.15) is 144 Å². The van der Waals surface area contributed by atoms with E-state index in [1.165, 1.54) is 9.13 Å². The molecule has 1 aromatic heterocycles. The van der Waals surface area contributed by atoms with E-state index in [0.717, 1.165) is 81.0 Å². The van der Waals surface area contributed by atoms with Gasteiger partial charge in [-0.3, -0.25) is 23.5 Å². The average Bonchev–Trinajstić information content (AvgIpc) is 3.19. The zero-order valence-corrected chi connectivity index (χ0v) is 40.0. The second kappa shape index (κ2) is 18.9. The summed E-state index contributed by atoms with van der Waals surface area (Å²) in [6.45, 7) is 17.8. The molecule has 0 saturated carbocycles. The Morgan fingerprint density at radius 1 is 0.600 bits per heavy atom. The number of aromatic nitrogens is 2. The lowest BCUT2D eigenvalue weighted by Crippen LogP contribution is -2.37. The van der Waals surface area contributed by atoms with Crippen molar-refractivity contribution >= 4 is 70.5 Å². The third-order valence-corrected chi connectivity index (χ3v) is 13.4. The van der Waals surface area contributed by atoms with Crippen molar-refractivity contribution in [2.45, 2.75) is 156 Å². The number of nitrogens with zero attached hydrogens (tertiary/aromatic N) is 3. The van der Waals surface area contributed by atoms with Gasteiger partial charge in [0.25, 0.3) is 16.7 Å². The summed E-state index contributed by atoms with van der Waals surface area (Å²) in [5.74, 6) is -0.217. The Morgan fingerprint density at radius 2 is 1.13 bits per heavy atom. The molecule has 2 aliphatic rings. The van der Waals surface area contributed by atoms with Gasteiger partial charge in [0.1, 0.15) is 0 Å². The molecule has 0 atom stereocenters. The van der Waals surface area contributed by atoms with Gasteiger partial charge in [0.05, 0.1) is 47.4 Å². The summed E-state index contributed by atoms with van der Waals surface area (Å²) in [5.41, 5.74) is 2.98. The van der Waals surface area contributed by atoms with E-state index in [1.807, 2.05) is 30.3 Å². The van der Waals surface area contributed by atoms with Gasteiger partial charge < -0.3 is 10.4 Å². The van der Waals surface area contributed by atoms with Gasteiger partial charge in [-0.05, 0) is 90.9 Å². The Morgan fingerprint density at radius 3 is 1.73 bits per heavy atom. The van der Waals surface area contributed by atoms with Crippen molar-refractivity contribution in [3.8, 4) is 17.0 Å². The van der Waals surface area contributed by atoms with Crippen LogP contribution in [0.25, 0.3) is 32.7 Å². The van der Waals surface area contributed by atoms with Crippen molar-refractivity contribution in [2.75, 3.05) is 5.32 Å². The fraction of sp³-hybridized carbons (Fsp3) is 0.480. The molecule has 6 rings (SSSR count). The summed E-state index contributed by atoms with van der Waals surface area (Å²) >= 11 is 7.71. The Labute approximate surface area is 371 Å². The van der Waals surface area contributed by atoms with Crippen molar-refractivity contribution in [1.82, 2.24) is 9.13 Å². The summed E-state index contributed by atoms with van der Waals surface area (Å²) in [5, 5.41) is 17.6. The first-order valence-corrected chi connectivity index (χ1v) is 23.6. The lowest BCUT2D eigenvalue weighted by molar-refractivity contribution is 0.406. The summed E-state index contributed by atoms with van der Waals surface area (Å²) in [6, 6.07) is 16.0. The number of unbranched alkanes of at least 4 members (excludes halogenated alkanes) is 10. The van der Waals surface area contributed by atoms with Gasteiger partial charge in [0.15, 0.2) is 0 Å². The van der Waals surface area contributed by atoms with Crippen LogP contribution in [0.15, 0.2) is 76.9 Å². The largest absolute Gasteiger partial charge is 0.494 e. The van der Waals surface area contributed by atoms with Gasteiger partial charge in [-0.25, -0.2) is 4.99 Å². The second-order valence-electron chi connectivity index (χ2n) is 18.5. The van der Waals surface area contributed by atoms with E-state index in [4.69, 9.17) is 4.99 Å². The summed E-state index contributed by atoms with van der Waals surface area (Å²) < 4.78 is 3.57. The predicted octanol–water partition coefficient (Wildman–Crippen LogP) is 13.2. The van der Waals surface area contributed by atoms with Crippen LogP contribution in [0, 0.1) is 0 Å². The molecule has 0 bridgehead atoms. The number of hydrogen-bond donors (Lipinski definition) is 2. The Bertz CT molecular complexity index is 2690. The Hall–Kier alpha value is -4.02. The number of rotatable bonds is 17. The molecule has 0 spiro atoms. The molecular formula is C50H62Br2N4O4.